The molecule has 0 saturated carbocycles. The Bertz CT molecular complexity index is 231. The van der Waals surface area contributed by atoms with E-state index in [1.54, 1.807) is 0 Å². The number of aliphatic carboxylic acids is 1. The van der Waals surface area contributed by atoms with Crippen LogP contribution in [0.15, 0.2) is 0 Å². The highest BCUT2D eigenvalue weighted by molar-refractivity contribution is 5.82. The number of hydrogen-bond donors (Lipinski definition) is 3. The van der Waals surface area contributed by atoms with Crippen LogP contribution in [-0.4, -0.2) is 29.1 Å². The number of carbonyl (C=O) groups excluding carboxylic acids is 1. The molecule has 4 N–H and O–H groups in total. The van der Waals surface area contributed by atoms with Gasteiger partial charge in [-0.2, -0.15) is 0 Å². The zero-order valence-electron chi connectivity index (χ0n) is 10.0. The summed E-state index contributed by atoms with van der Waals surface area (Å²) in [7, 11) is 0. The number of carbonyl (C=O) groups is 2. The Kier molecular flexibility index (Phi) is 7.54. The van der Waals surface area contributed by atoms with E-state index < -0.39 is 12.0 Å². The summed E-state index contributed by atoms with van der Waals surface area (Å²) in [5.41, 5.74) is 5.64. The van der Waals surface area contributed by atoms with E-state index in [-0.39, 0.29) is 18.4 Å². The van der Waals surface area contributed by atoms with Crippen molar-refractivity contribution in [2.24, 2.45) is 5.73 Å². The van der Waals surface area contributed by atoms with Gasteiger partial charge in [0, 0.05) is 6.04 Å². The molecule has 0 fully saturated rings. The lowest BCUT2D eigenvalue weighted by Crippen LogP contribution is -2.46. The third-order valence-corrected chi connectivity index (χ3v) is 2.34. The average molecular weight is 230 g/mol. The van der Waals surface area contributed by atoms with E-state index >= 15 is 0 Å². The second-order valence-electron chi connectivity index (χ2n) is 3.99. The number of rotatable bonds is 8. The quantitative estimate of drug-likeness (QED) is 0.577. The molecule has 5 nitrogen and oxygen atoms in total. The first-order valence-electron chi connectivity index (χ1n) is 5.79. The van der Waals surface area contributed by atoms with Crippen LogP contribution >= 0.6 is 0 Å². The van der Waals surface area contributed by atoms with E-state index in [1.165, 1.54) is 0 Å². The molecule has 0 rings (SSSR count). The molecule has 5 heteroatoms. The Balaban J connectivity index is 4.16. The van der Waals surface area contributed by atoms with E-state index in [9.17, 15) is 9.59 Å². The summed E-state index contributed by atoms with van der Waals surface area (Å²) >= 11 is 0. The third-order valence-electron chi connectivity index (χ3n) is 2.34. The first-order valence-corrected chi connectivity index (χ1v) is 5.79. The molecule has 0 spiro atoms. The molecule has 0 aromatic carbocycles. The molecule has 2 unspecified atom stereocenters. The van der Waals surface area contributed by atoms with Crippen molar-refractivity contribution in [3.05, 3.63) is 0 Å². The molecule has 0 saturated heterocycles. The van der Waals surface area contributed by atoms with Crippen molar-refractivity contribution in [2.75, 3.05) is 0 Å². The maximum absolute atomic E-state index is 11.6. The van der Waals surface area contributed by atoms with Crippen molar-refractivity contribution in [3.8, 4) is 0 Å². The van der Waals surface area contributed by atoms with Gasteiger partial charge in [-0.3, -0.25) is 9.59 Å². The van der Waals surface area contributed by atoms with Crippen molar-refractivity contribution >= 4 is 11.9 Å². The summed E-state index contributed by atoms with van der Waals surface area (Å²) in [4.78, 5) is 22.1. The maximum Gasteiger partial charge on any atom is 0.305 e. The average Bonchev–Trinajstić information content (AvgIpc) is 2.17. The second-order valence-corrected chi connectivity index (χ2v) is 3.99. The Morgan fingerprint density at radius 1 is 1.25 bits per heavy atom. The van der Waals surface area contributed by atoms with Gasteiger partial charge in [0.1, 0.15) is 0 Å². The van der Waals surface area contributed by atoms with Gasteiger partial charge in [0.2, 0.25) is 5.91 Å². The normalized spacial score (nSPS) is 14.2. The van der Waals surface area contributed by atoms with Gasteiger partial charge in [-0.25, -0.2) is 0 Å². The van der Waals surface area contributed by atoms with Gasteiger partial charge in [0.15, 0.2) is 0 Å². The molecular formula is C11H22N2O3. The third kappa shape index (κ3) is 6.40. The highest BCUT2D eigenvalue weighted by Crippen LogP contribution is 2.03. The number of amides is 1. The molecule has 94 valence electrons. The molecule has 0 bridgehead atoms. The van der Waals surface area contributed by atoms with Gasteiger partial charge < -0.3 is 16.2 Å². The Hall–Kier alpha value is -1.10. The largest absolute Gasteiger partial charge is 0.481 e. The fraction of sp³-hybridized carbons (Fsp3) is 0.818. The molecule has 0 aliphatic carbocycles. The fourth-order valence-electron chi connectivity index (χ4n) is 1.53. The summed E-state index contributed by atoms with van der Waals surface area (Å²) in [5, 5.41) is 11.4. The van der Waals surface area contributed by atoms with Gasteiger partial charge in [0.05, 0.1) is 12.5 Å². The molecule has 0 aliphatic heterocycles. The van der Waals surface area contributed by atoms with E-state index in [4.69, 9.17) is 10.8 Å². The molecule has 2 atom stereocenters. The molecule has 1 amide bonds. The molecular weight excluding hydrogens is 208 g/mol. The van der Waals surface area contributed by atoms with Crippen LogP contribution in [0.2, 0.25) is 0 Å². The lowest BCUT2D eigenvalue weighted by Gasteiger charge is -2.18. The van der Waals surface area contributed by atoms with Gasteiger partial charge >= 0.3 is 5.97 Å². The van der Waals surface area contributed by atoms with Crippen LogP contribution in [0.25, 0.3) is 0 Å². The van der Waals surface area contributed by atoms with Crippen molar-refractivity contribution in [1.82, 2.24) is 5.32 Å². The molecule has 16 heavy (non-hydrogen) atoms. The van der Waals surface area contributed by atoms with Crippen LogP contribution in [0.1, 0.15) is 46.0 Å². The van der Waals surface area contributed by atoms with E-state index in [0.29, 0.717) is 12.8 Å². The SMILES string of the molecule is CCCC(CC(=O)O)NC(=O)C(N)CCC. The molecule has 0 heterocycles. The number of hydrogen-bond acceptors (Lipinski definition) is 3. The minimum atomic E-state index is -0.900. The monoisotopic (exact) mass is 230 g/mol. The second kappa shape index (κ2) is 8.10. The highest BCUT2D eigenvalue weighted by atomic mass is 16.4. The number of nitrogens with two attached hydrogens (primary N) is 1. The lowest BCUT2D eigenvalue weighted by molar-refractivity contribution is -0.137. The van der Waals surface area contributed by atoms with E-state index in [0.717, 1.165) is 12.8 Å². The van der Waals surface area contributed by atoms with Crippen LogP contribution in [0.4, 0.5) is 0 Å². The Morgan fingerprint density at radius 2 is 1.81 bits per heavy atom. The van der Waals surface area contributed by atoms with E-state index in [1.807, 2.05) is 13.8 Å². The van der Waals surface area contributed by atoms with Gasteiger partial charge in [-0.1, -0.05) is 26.7 Å². The summed E-state index contributed by atoms with van der Waals surface area (Å²) in [5.74, 6) is -1.15. The topological polar surface area (TPSA) is 92.4 Å². The van der Waals surface area contributed by atoms with Crippen molar-refractivity contribution in [2.45, 2.75) is 58.0 Å². The van der Waals surface area contributed by atoms with Crippen LogP contribution in [0, 0.1) is 0 Å². The molecule has 0 radical (unpaired) electrons. The summed E-state index contributed by atoms with van der Waals surface area (Å²) < 4.78 is 0. The first kappa shape index (κ1) is 14.9. The molecule has 0 aromatic rings. The minimum Gasteiger partial charge on any atom is -0.481 e. The lowest BCUT2D eigenvalue weighted by atomic mass is 10.1. The molecule has 0 aliphatic rings. The smallest absolute Gasteiger partial charge is 0.305 e. The van der Waals surface area contributed by atoms with Crippen LogP contribution in [0.3, 0.4) is 0 Å². The summed E-state index contributed by atoms with van der Waals surface area (Å²) in [6, 6.07) is -0.837. The Labute approximate surface area is 96.4 Å². The van der Waals surface area contributed by atoms with Crippen molar-refractivity contribution in [3.63, 3.8) is 0 Å². The number of carboxylic acids is 1. The van der Waals surface area contributed by atoms with Gasteiger partial charge in [0.25, 0.3) is 0 Å². The number of carboxylic acid groups (broad SMARTS) is 1. The summed E-state index contributed by atoms with van der Waals surface area (Å²) in [6.07, 6.45) is 2.92. The van der Waals surface area contributed by atoms with E-state index in [2.05, 4.69) is 5.32 Å². The van der Waals surface area contributed by atoms with Crippen molar-refractivity contribution < 1.29 is 14.7 Å². The minimum absolute atomic E-state index is 0.0432. The summed E-state index contributed by atoms with van der Waals surface area (Å²) in [6.45, 7) is 3.90. The Morgan fingerprint density at radius 3 is 2.25 bits per heavy atom. The van der Waals surface area contributed by atoms with Gasteiger partial charge in [-0.15, -0.1) is 0 Å². The highest BCUT2D eigenvalue weighted by Gasteiger charge is 2.18. The first-order chi connectivity index (χ1) is 7.51. The fourth-order valence-corrected chi connectivity index (χ4v) is 1.53. The predicted molar refractivity (Wildman–Crippen MR) is 62.0 cm³/mol. The van der Waals surface area contributed by atoms with Crippen molar-refractivity contribution in [1.29, 1.82) is 0 Å². The zero-order valence-corrected chi connectivity index (χ0v) is 10.0. The van der Waals surface area contributed by atoms with Crippen LogP contribution in [-0.2, 0) is 9.59 Å². The van der Waals surface area contributed by atoms with Gasteiger partial charge in [-0.05, 0) is 12.8 Å². The maximum atomic E-state index is 11.6. The predicted octanol–water partition coefficient (Wildman–Crippen LogP) is 0.873. The van der Waals surface area contributed by atoms with Crippen LogP contribution < -0.4 is 11.1 Å². The number of nitrogens with one attached hydrogen (secondary N) is 1. The molecule has 0 aromatic heterocycles. The zero-order chi connectivity index (χ0) is 12.6. The standard InChI is InChI=1S/C11H22N2O3/c1-3-5-8(7-10(14)15)13-11(16)9(12)6-4-2/h8-9H,3-7,12H2,1-2H3,(H,13,16)(H,14,15). The van der Waals surface area contributed by atoms with Crippen LogP contribution in [0.5, 0.6) is 0 Å².